The molecule has 1 heterocycles. The number of ether oxygens (including phenoxy) is 1. The van der Waals surface area contributed by atoms with Crippen LogP contribution < -0.4 is 0 Å². The Morgan fingerprint density at radius 1 is 1.40 bits per heavy atom. The van der Waals surface area contributed by atoms with Crippen molar-refractivity contribution in [1.29, 1.82) is 0 Å². The molecule has 58 valence electrons. The first kappa shape index (κ1) is 9.28. The molecule has 1 aliphatic rings. The molecule has 1 unspecified atom stereocenters. The minimum absolute atomic E-state index is 0.264. The van der Waals surface area contributed by atoms with Crippen LogP contribution in [0.25, 0.3) is 0 Å². The van der Waals surface area contributed by atoms with Crippen molar-refractivity contribution in [2.75, 3.05) is 0 Å². The maximum absolute atomic E-state index is 5.09. The van der Waals surface area contributed by atoms with E-state index in [2.05, 4.69) is 13.0 Å². The van der Waals surface area contributed by atoms with E-state index in [1.54, 1.807) is 6.26 Å². The molecule has 1 heteroatoms. The fourth-order valence-electron chi connectivity index (χ4n) is 0.736. The molecule has 0 aromatic heterocycles. The van der Waals surface area contributed by atoms with E-state index in [4.69, 9.17) is 4.74 Å². The topological polar surface area (TPSA) is 9.23 Å². The number of hydrogen-bond donors (Lipinski definition) is 0. The van der Waals surface area contributed by atoms with Gasteiger partial charge in [0.15, 0.2) is 0 Å². The van der Waals surface area contributed by atoms with E-state index >= 15 is 0 Å². The highest BCUT2D eigenvalue weighted by Gasteiger charge is 1.98. The monoisotopic (exact) mass is 140 g/mol. The molecule has 1 nitrogen and oxygen atoms in total. The zero-order valence-corrected chi connectivity index (χ0v) is 7.22. The molecule has 0 amide bonds. The summed E-state index contributed by atoms with van der Waals surface area (Å²) < 4.78 is 5.09. The summed E-state index contributed by atoms with van der Waals surface area (Å²) in [5, 5.41) is 0. The van der Waals surface area contributed by atoms with Gasteiger partial charge in [-0.2, -0.15) is 0 Å². The van der Waals surface area contributed by atoms with Crippen LogP contribution in [-0.4, -0.2) is 6.10 Å². The van der Waals surface area contributed by atoms with Gasteiger partial charge >= 0.3 is 0 Å². The quantitative estimate of drug-likeness (QED) is 0.502. The van der Waals surface area contributed by atoms with Crippen LogP contribution in [0.3, 0.4) is 0 Å². The smallest absolute Gasteiger partial charge is 0.114 e. The summed E-state index contributed by atoms with van der Waals surface area (Å²) in [6, 6.07) is 0. The van der Waals surface area contributed by atoms with Gasteiger partial charge in [0, 0.05) is 0 Å². The van der Waals surface area contributed by atoms with Crippen molar-refractivity contribution in [3.8, 4) is 0 Å². The van der Waals surface area contributed by atoms with E-state index in [9.17, 15) is 0 Å². The Balaban J connectivity index is 0.000000371. The molecule has 0 N–H and O–H groups in total. The van der Waals surface area contributed by atoms with Gasteiger partial charge < -0.3 is 4.74 Å². The first-order valence-corrected chi connectivity index (χ1v) is 3.79. The Bertz CT molecular complexity index is 134. The zero-order valence-electron chi connectivity index (χ0n) is 7.22. The number of hydrogen-bond acceptors (Lipinski definition) is 1. The lowest BCUT2D eigenvalue weighted by Gasteiger charge is -2.10. The lowest BCUT2D eigenvalue weighted by atomic mass is 10.2. The normalized spacial score (nSPS) is 22.0. The molecule has 0 bridgehead atoms. The summed E-state index contributed by atoms with van der Waals surface area (Å²) >= 11 is 0. The molecule has 0 aromatic carbocycles. The molecule has 0 spiro atoms. The van der Waals surface area contributed by atoms with Gasteiger partial charge in [-0.1, -0.05) is 13.8 Å². The largest absolute Gasteiger partial charge is 0.494 e. The first-order chi connectivity index (χ1) is 4.79. The molecule has 0 aromatic rings. The number of rotatable bonds is 0. The minimum Gasteiger partial charge on any atom is -0.494 e. The zero-order chi connectivity index (χ0) is 7.98. The third kappa shape index (κ3) is 3.33. The summed E-state index contributed by atoms with van der Waals surface area (Å²) in [6.45, 7) is 8.09. The molecule has 0 saturated carbocycles. The van der Waals surface area contributed by atoms with Gasteiger partial charge in [-0.25, -0.2) is 0 Å². The molecule has 10 heavy (non-hydrogen) atoms. The lowest BCUT2D eigenvalue weighted by molar-refractivity contribution is 0.199. The number of allylic oxidation sites excluding steroid dienone is 2. The second-order valence-electron chi connectivity index (χ2n) is 2.05. The van der Waals surface area contributed by atoms with Crippen LogP contribution in [0.1, 0.15) is 27.7 Å². The van der Waals surface area contributed by atoms with E-state index in [1.807, 2.05) is 26.8 Å². The predicted molar refractivity (Wildman–Crippen MR) is 44.8 cm³/mol. The first-order valence-electron chi connectivity index (χ1n) is 3.79. The highest BCUT2D eigenvalue weighted by Crippen LogP contribution is 2.07. The predicted octanol–water partition coefficient (Wildman–Crippen LogP) is 2.89. The Hall–Kier alpha value is -0.720. The van der Waals surface area contributed by atoms with Gasteiger partial charge in [0.2, 0.25) is 0 Å². The molecule has 0 radical (unpaired) electrons. The van der Waals surface area contributed by atoms with Gasteiger partial charge in [-0.15, -0.1) is 0 Å². The maximum atomic E-state index is 5.09. The van der Waals surface area contributed by atoms with Crippen LogP contribution in [0, 0.1) is 0 Å². The molecule has 0 aliphatic carbocycles. The van der Waals surface area contributed by atoms with E-state index in [0.717, 1.165) is 0 Å². The Morgan fingerprint density at radius 3 is 2.30 bits per heavy atom. The van der Waals surface area contributed by atoms with Crippen molar-refractivity contribution in [3.05, 3.63) is 24.0 Å². The van der Waals surface area contributed by atoms with Crippen LogP contribution in [0.4, 0.5) is 0 Å². The molecular weight excluding hydrogens is 124 g/mol. The van der Waals surface area contributed by atoms with Gasteiger partial charge in [0.05, 0.1) is 6.26 Å². The van der Waals surface area contributed by atoms with E-state index in [1.165, 1.54) is 5.57 Å². The molecule has 1 aliphatic heterocycles. The fraction of sp³-hybridized carbons (Fsp3) is 0.556. The molecule has 1 rings (SSSR count). The minimum atomic E-state index is 0.264. The SMILES string of the molecule is CC.CC1=CC(C)OC=C1. The summed E-state index contributed by atoms with van der Waals surface area (Å²) in [4.78, 5) is 0. The highest BCUT2D eigenvalue weighted by molar-refractivity contribution is 5.18. The van der Waals surface area contributed by atoms with Gasteiger partial charge in [-0.3, -0.25) is 0 Å². The molecule has 1 atom stereocenters. The molecule has 0 fully saturated rings. The molecule has 0 saturated heterocycles. The van der Waals surface area contributed by atoms with Crippen LogP contribution >= 0.6 is 0 Å². The lowest BCUT2D eigenvalue weighted by Crippen LogP contribution is -2.02. The summed E-state index contributed by atoms with van der Waals surface area (Å²) in [5.74, 6) is 0. The van der Waals surface area contributed by atoms with Crippen LogP contribution in [0.5, 0.6) is 0 Å². The van der Waals surface area contributed by atoms with Crippen LogP contribution in [0.2, 0.25) is 0 Å². The van der Waals surface area contributed by atoms with E-state index < -0.39 is 0 Å². The van der Waals surface area contributed by atoms with Gasteiger partial charge in [-0.05, 0) is 31.6 Å². The third-order valence-corrected chi connectivity index (χ3v) is 1.12. The van der Waals surface area contributed by atoms with E-state index in [0.29, 0.717) is 0 Å². The van der Waals surface area contributed by atoms with Crippen molar-refractivity contribution < 1.29 is 4.74 Å². The molecular formula is C9H16O. The van der Waals surface area contributed by atoms with Crippen molar-refractivity contribution in [1.82, 2.24) is 0 Å². The van der Waals surface area contributed by atoms with Crippen molar-refractivity contribution in [2.24, 2.45) is 0 Å². The third-order valence-electron chi connectivity index (χ3n) is 1.12. The maximum Gasteiger partial charge on any atom is 0.114 e. The second kappa shape index (κ2) is 5.10. The van der Waals surface area contributed by atoms with Crippen molar-refractivity contribution in [3.63, 3.8) is 0 Å². The second-order valence-corrected chi connectivity index (χ2v) is 2.05. The Morgan fingerprint density at radius 2 is 2.00 bits per heavy atom. The van der Waals surface area contributed by atoms with Gasteiger partial charge in [0.25, 0.3) is 0 Å². The van der Waals surface area contributed by atoms with Gasteiger partial charge in [0.1, 0.15) is 6.10 Å². The summed E-state index contributed by atoms with van der Waals surface area (Å²) in [5.41, 5.74) is 1.28. The van der Waals surface area contributed by atoms with Crippen LogP contribution in [0.15, 0.2) is 24.0 Å². The standard InChI is InChI=1S/C7H10O.C2H6/c1-6-3-4-8-7(2)5-6;1-2/h3-5,7H,1-2H3;1-2H3. The fourth-order valence-corrected chi connectivity index (χ4v) is 0.736. The average molecular weight is 140 g/mol. The van der Waals surface area contributed by atoms with E-state index in [-0.39, 0.29) is 6.10 Å². The van der Waals surface area contributed by atoms with Crippen molar-refractivity contribution in [2.45, 2.75) is 33.8 Å². The Kier molecular flexibility index (Phi) is 4.73. The van der Waals surface area contributed by atoms with Crippen molar-refractivity contribution >= 4 is 0 Å². The summed E-state index contributed by atoms with van der Waals surface area (Å²) in [6.07, 6.45) is 6.04. The average Bonchev–Trinajstić information content (AvgIpc) is 1.91. The van der Waals surface area contributed by atoms with Crippen LogP contribution in [-0.2, 0) is 4.74 Å². The Labute approximate surface area is 63.4 Å². The highest BCUT2D eigenvalue weighted by atomic mass is 16.5. The summed E-state index contributed by atoms with van der Waals surface area (Å²) in [7, 11) is 0.